The molecular weight excluding hydrogens is 309 g/mol. The number of nitrogens with one attached hydrogen (secondary N) is 1. The number of benzene rings is 1. The quantitative estimate of drug-likeness (QED) is 0.785. The van der Waals surface area contributed by atoms with Gasteiger partial charge in [0, 0.05) is 12.3 Å². The molecule has 3 aromatic rings. The van der Waals surface area contributed by atoms with Crippen molar-refractivity contribution >= 4 is 38.2 Å². The molecule has 0 saturated carbocycles. The van der Waals surface area contributed by atoms with Crippen LogP contribution in [0.3, 0.4) is 0 Å². The smallest absolute Gasteiger partial charge is 0.147 e. The minimum absolute atomic E-state index is 0.239. The van der Waals surface area contributed by atoms with E-state index in [0.717, 1.165) is 16.0 Å². The Bertz CT molecular complexity index is 790. The van der Waals surface area contributed by atoms with Crippen LogP contribution in [0.1, 0.15) is 0 Å². The molecule has 7 heteroatoms. The fourth-order valence-electron chi connectivity index (χ4n) is 1.92. The van der Waals surface area contributed by atoms with Crippen LogP contribution in [0, 0.1) is 5.82 Å². The van der Waals surface area contributed by atoms with Gasteiger partial charge in [-0.3, -0.25) is 4.21 Å². The predicted octanol–water partition coefficient (Wildman–Crippen LogP) is 3.05. The Labute approximate surface area is 127 Å². The minimum atomic E-state index is -1.37. The van der Waals surface area contributed by atoms with E-state index in [0.29, 0.717) is 12.3 Å². The largest absolute Gasteiger partial charge is 0.368 e. The second kappa shape index (κ2) is 6.28. The Morgan fingerprint density at radius 3 is 2.95 bits per heavy atom. The van der Waals surface area contributed by atoms with E-state index in [2.05, 4.69) is 15.3 Å². The highest BCUT2D eigenvalue weighted by atomic mass is 32.2. The molecule has 0 amide bonds. The van der Waals surface area contributed by atoms with Gasteiger partial charge in [-0.25, -0.2) is 14.4 Å². The first kappa shape index (κ1) is 14.1. The Hall–Kier alpha value is -1.86. The predicted molar refractivity (Wildman–Crippen MR) is 83.6 cm³/mol. The zero-order chi connectivity index (χ0) is 14.7. The van der Waals surface area contributed by atoms with Gasteiger partial charge in [-0.15, -0.1) is 11.3 Å². The molecule has 1 atom stereocenters. The van der Waals surface area contributed by atoms with E-state index in [-0.39, 0.29) is 4.90 Å². The number of fused-ring (bicyclic) bond motifs is 1. The summed E-state index contributed by atoms with van der Waals surface area (Å²) >= 11 is 1.55. The molecule has 0 fully saturated rings. The van der Waals surface area contributed by atoms with Crippen molar-refractivity contribution in [3.05, 3.63) is 47.9 Å². The fourth-order valence-corrected chi connectivity index (χ4v) is 3.75. The van der Waals surface area contributed by atoms with Crippen LogP contribution in [-0.4, -0.2) is 26.5 Å². The van der Waals surface area contributed by atoms with Gasteiger partial charge in [0.15, 0.2) is 0 Å². The van der Waals surface area contributed by atoms with E-state index >= 15 is 0 Å². The lowest BCUT2D eigenvalue weighted by molar-refractivity contribution is 0.595. The van der Waals surface area contributed by atoms with Crippen molar-refractivity contribution in [2.45, 2.75) is 4.90 Å². The first-order chi connectivity index (χ1) is 10.3. The highest BCUT2D eigenvalue weighted by Gasteiger charge is 2.10. The van der Waals surface area contributed by atoms with E-state index in [1.165, 1.54) is 12.4 Å². The summed E-state index contributed by atoms with van der Waals surface area (Å²) in [6.07, 6.45) is 1.49. The number of anilines is 1. The zero-order valence-corrected chi connectivity index (χ0v) is 12.6. The maximum atomic E-state index is 13.5. The van der Waals surface area contributed by atoms with E-state index in [1.54, 1.807) is 29.5 Å². The Balaban J connectivity index is 1.65. The van der Waals surface area contributed by atoms with Gasteiger partial charge in [-0.1, -0.05) is 12.1 Å². The number of rotatable bonds is 5. The number of aromatic nitrogens is 2. The monoisotopic (exact) mass is 321 g/mol. The summed E-state index contributed by atoms with van der Waals surface area (Å²) in [7, 11) is -1.37. The average Bonchev–Trinajstić information content (AvgIpc) is 2.97. The summed E-state index contributed by atoms with van der Waals surface area (Å²) in [5, 5.41) is 5.08. The Kier molecular flexibility index (Phi) is 4.21. The molecule has 4 nitrogen and oxygen atoms in total. The van der Waals surface area contributed by atoms with Gasteiger partial charge in [0.2, 0.25) is 0 Å². The molecule has 0 spiro atoms. The maximum Gasteiger partial charge on any atom is 0.147 e. The molecule has 0 aliphatic heterocycles. The molecule has 0 aliphatic rings. The third kappa shape index (κ3) is 3.08. The lowest BCUT2D eigenvalue weighted by Gasteiger charge is -2.07. The topological polar surface area (TPSA) is 54.9 Å². The summed E-state index contributed by atoms with van der Waals surface area (Å²) in [6, 6.07) is 8.06. The molecular formula is C14H12FN3OS2. The first-order valence-corrected chi connectivity index (χ1v) is 8.50. The van der Waals surface area contributed by atoms with Crippen LogP contribution in [0.4, 0.5) is 10.2 Å². The second-order valence-corrected chi connectivity index (χ2v) is 6.72. The summed E-state index contributed by atoms with van der Waals surface area (Å²) in [4.78, 5) is 8.57. The fraction of sp³-hybridized carbons (Fsp3) is 0.143. The number of thiophene rings is 1. The molecule has 21 heavy (non-hydrogen) atoms. The summed E-state index contributed by atoms with van der Waals surface area (Å²) in [5.74, 6) is 0.608. The van der Waals surface area contributed by atoms with Gasteiger partial charge in [-0.05, 0) is 23.6 Å². The van der Waals surface area contributed by atoms with Gasteiger partial charge >= 0.3 is 0 Å². The van der Waals surface area contributed by atoms with Crippen LogP contribution in [-0.2, 0) is 10.8 Å². The molecule has 1 N–H and O–H groups in total. The van der Waals surface area contributed by atoms with Crippen molar-refractivity contribution in [2.24, 2.45) is 0 Å². The second-order valence-electron chi connectivity index (χ2n) is 4.26. The van der Waals surface area contributed by atoms with Crippen LogP contribution in [0.2, 0.25) is 0 Å². The molecule has 1 aromatic carbocycles. The van der Waals surface area contributed by atoms with Gasteiger partial charge in [-0.2, -0.15) is 0 Å². The molecule has 0 aliphatic carbocycles. The molecule has 2 heterocycles. The van der Waals surface area contributed by atoms with Gasteiger partial charge in [0.05, 0.1) is 25.9 Å². The van der Waals surface area contributed by atoms with Crippen LogP contribution >= 0.6 is 11.3 Å². The van der Waals surface area contributed by atoms with Gasteiger partial charge in [0.1, 0.15) is 18.0 Å². The van der Waals surface area contributed by atoms with Gasteiger partial charge < -0.3 is 5.32 Å². The van der Waals surface area contributed by atoms with Crippen LogP contribution in [0.5, 0.6) is 0 Å². The zero-order valence-electron chi connectivity index (χ0n) is 11.0. The summed E-state index contributed by atoms with van der Waals surface area (Å²) < 4.78 is 26.6. The SMILES string of the molecule is O=[S@](CCNc1ncnc2ccsc12)c1ccccc1F. The third-order valence-corrected chi connectivity index (χ3v) is 5.21. The van der Waals surface area contributed by atoms with Crippen molar-refractivity contribution in [1.82, 2.24) is 9.97 Å². The van der Waals surface area contributed by atoms with Crippen molar-refractivity contribution in [1.29, 1.82) is 0 Å². The Morgan fingerprint density at radius 2 is 2.10 bits per heavy atom. The van der Waals surface area contributed by atoms with Crippen LogP contribution in [0.15, 0.2) is 46.9 Å². The normalized spacial score (nSPS) is 12.4. The van der Waals surface area contributed by atoms with Crippen LogP contribution in [0.25, 0.3) is 10.2 Å². The third-order valence-electron chi connectivity index (χ3n) is 2.91. The number of hydrogen-bond acceptors (Lipinski definition) is 5. The lowest BCUT2D eigenvalue weighted by atomic mass is 10.3. The lowest BCUT2D eigenvalue weighted by Crippen LogP contribution is -2.12. The Morgan fingerprint density at radius 1 is 1.24 bits per heavy atom. The van der Waals surface area contributed by atoms with Gasteiger partial charge in [0.25, 0.3) is 0 Å². The maximum absolute atomic E-state index is 13.5. The summed E-state index contributed by atoms with van der Waals surface area (Å²) in [5.41, 5.74) is 0.882. The molecule has 0 saturated heterocycles. The molecule has 0 unspecified atom stereocenters. The minimum Gasteiger partial charge on any atom is -0.368 e. The highest BCUT2D eigenvalue weighted by molar-refractivity contribution is 7.85. The molecule has 2 aromatic heterocycles. The van der Waals surface area contributed by atoms with E-state index in [1.807, 2.05) is 11.4 Å². The number of nitrogens with zero attached hydrogens (tertiary/aromatic N) is 2. The molecule has 3 rings (SSSR count). The van der Waals surface area contributed by atoms with Crippen molar-refractivity contribution in [2.75, 3.05) is 17.6 Å². The molecule has 108 valence electrons. The van der Waals surface area contributed by atoms with E-state index < -0.39 is 16.6 Å². The summed E-state index contributed by atoms with van der Waals surface area (Å²) in [6.45, 7) is 0.449. The van der Waals surface area contributed by atoms with Crippen molar-refractivity contribution in [3.63, 3.8) is 0 Å². The van der Waals surface area contributed by atoms with Crippen LogP contribution < -0.4 is 5.32 Å². The van der Waals surface area contributed by atoms with E-state index in [4.69, 9.17) is 0 Å². The highest BCUT2D eigenvalue weighted by Crippen LogP contribution is 2.24. The number of hydrogen-bond donors (Lipinski definition) is 1. The molecule has 0 radical (unpaired) electrons. The van der Waals surface area contributed by atoms with Crippen molar-refractivity contribution < 1.29 is 8.60 Å². The molecule has 0 bridgehead atoms. The average molecular weight is 321 g/mol. The number of halogens is 1. The standard InChI is InChI=1S/C14H12FN3OS2/c15-10-3-1-2-4-12(10)21(19)8-6-16-14-13-11(5-7-20-13)17-9-18-14/h1-5,7,9H,6,8H2,(H,16,17,18)/t21-/m1/s1. The van der Waals surface area contributed by atoms with Crippen molar-refractivity contribution in [3.8, 4) is 0 Å². The first-order valence-electron chi connectivity index (χ1n) is 6.30. The van der Waals surface area contributed by atoms with E-state index in [9.17, 15) is 8.60 Å².